The molecule has 0 aliphatic carbocycles. The third-order valence-corrected chi connectivity index (χ3v) is 2.76. The Hall–Kier alpha value is -1.35. The highest BCUT2D eigenvalue weighted by Gasteiger charge is 2.05. The molecule has 0 amide bonds. The van der Waals surface area contributed by atoms with E-state index in [1.807, 2.05) is 6.92 Å². The van der Waals surface area contributed by atoms with Gasteiger partial charge in [0.1, 0.15) is 5.65 Å². The van der Waals surface area contributed by atoms with Crippen LogP contribution in [-0.2, 0) is 6.54 Å². The van der Waals surface area contributed by atoms with Gasteiger partial charge in [-0.1, -0.05) is 6.92 Å². The second-order valence-corrected chi connectivity index (χ2v) is 4.25. The SMILES string of the molecule is CCCNCc1ccn2c(C)cc(C)nc12. The van der Waals surface area contributed by atoms with Crippen LogP contribution in [0.25, 0.3) is 5.65 Å². The molecule has 86 valence electrons. The van der Waals surface area contributed by atoms with Gasteiger partial charge in [-0.3, -0.25) is 0 Å². The van der Waals surface area contributed by atoms with Crippen molar-refractivity contribution >= 4 is 5.65 Å². The Morgan fingerprint density at radius 2 is 2.19 bits per heavy atom. The highest BCUT2D eigenvalue weighted by atomic mass is 15.0. The number of nitrogens with zero attached hydrogens (tertiary/aromatic N) is 2. The van der Waals surface area contributed by atoms with Crippen LogP contribution in [0.1, 0.15) is 30.3 Å². The lowest BCUT2D eigenvalue weighted by Crippen LogP contribution is -2.13. The summed E-state index contributed by atoms with van der Waals surface area (Å²) in [4.78, 5) is 4.60. The van der Waals surface area contributed by atoms with Crippen LogP contribution in [-0.4, -0.2) is 15.9 Å². The van der Waals surface area contributed by atoms with Crippen LogP contribution in [0.2, 0.25) is 0 Å². The van der Waals surface area contributed by atoms with Gasteiger partial charge < -0.3 is 9.72 Å². The number of rotatable bonds is 4. The molecule has 2 heterocycles. The second kappa shape index (κ2) is 4.66. The molecule has 0 aliphatic heterocycles. The summed E-state index contributed by atoms with van der Waals surface area (Å²) < 4.78 is 2.15. The fraction of sp³-hybridized carbons (Fsp3) is 0.462. The van der Waals surface area contributed by atoms with Gasteiger partial charge in [0.25, 0.3) is 0 Å². The zero-order chi connectivity index (χ0) is 11.5. The van der Waals surface area contributed by atoms with Crippen molar-refractivity contribution in [2.75, 3.05) is 6.54 Å². The van der Waals surface area contributed by atoms with Crippen molar-refractivity contribution in [1.29, 1.82) is 0 Å². The highest BCUT2D eigenvalue weighted by molar-refractivity contribution is 5.50. The highest BCUT2D eigenvalue weighted by Crippen LogP contribution is 2.13. The Labute approximate surface area is 96.5 Å². The van der Waals surface area contributed by atoms with Crippen LogP contribution in [0.3, 0.4) is 0 Å². The van der Waals surface area contributed by atoms with Crippen molar-refractivity contribution < 1.29 is 0 Å². The van der Waals surface area contributed by atoms with Gasteiger partial charge in [-0.25, -0.2) is 4.98 Å². The first-order valence-corrected chi connectivity index (χ1v) is 5.87. The predicted molar refractivity (Wildman–Crippen MR) is 66.7 cm³/mol. The van der Waals surface area contributed by atoms with Crippen molar-refractivity contribution in [3.63, 3.8) is 0 Å². The molecule has 0 spiro atoms. The first-order valence-electron chi connectivity index (χ1n) is 5.87. The van der Waals surface area contributed by atoms with Gasteiger partial charge in [0.15, 0.2) is 0 Å². The molecule has 0 fully saturated rings. The van der Waals surface area contributed by atoms with Crippen molar-refractivity contribution in [2.45, 2.75) is 33.7 Å². The molecule has 3 nitrogen and oxygen atoms in total. The number of aryl methyl sites for hydroxylation is 2. The van der Waals surface area contributed by atoms with Crippen LogP contribution < -0.4 is 5.32 Å². The first kappa shape index (κ1) is 11.1. The average Bonchev–Trinajstić information content (AvgIpc) is 2.62. The number of hydrogen-bond donors (Lipinski definition) is 1. The number of nitrogens with one attached hydrogen (secondary N) is 1. The summed E-state index contributed by atoms with van der Waals surface area (Å²) in [6, 6.07) is 4.26. The third-order valence-electron chi connectivity index (χ3n) is 2.76. The van der Waals surface area contributed by atoms with E-state index in [0.29, 0.717) is 0 Å². The number of fused-ring (bicyclic) bond motifs is 1. The molecule has 2 aromatic heterocycles. The van der Waals surface area contributed by atoms with E-state index in [1.165, 1.54) is 11.3 Å². The van der Waals surface area contributed by atoms with Crippen molar-refractivity contribution in [3.8, 4) is 0 Å². The minimum absolute atomic E-state index is 0.903. The topological polar surface area (TPSA) is 29.3 Å². The molecule has 0 bridgehead atoms. The van der Waals surface area contributed by atoms with Crippen molar-refractivity contribution in [1.82, 2.24) is 14.7 Å². The molecule has 3 heteroatoms. The maximum Gasteiger partial charge on any atom is 0.141 e. The molecular formula is C13H19N3. The lowest BCUT2D eigenvalue weighted by molar-refractivity contribution is 0.677. The first-order chi connectivity index (χ1) is 7.72. The molecule has 2 rings (SSSR count). The van der Waals surface area contributed by atoms with Gasteiger partial charge in [-0.05, 0) is 38.9 Å². The summed E-state index contributed by atoms with van der Waals surface area (Å²) in [6.45, 7) is 8.30. The van der Waals surface area contributed by atoms with Crippen LogP contribution >= 0.6 is 0 Å². The fourth-order valence-electron chi connectivity index (χ4n) is 1.98. The van der Waals surface area contributed by atoms with Crippen LogP contribution in [0.4, 0.5) is 0 Å². The number of hydrogen-bond acceptors (Lipinski definition) is 2. The smallest absolute Gasteiger partial charge is 0.141 e. The summed E-state index contributed by atoms with van der Waals surface area (Å²) in [7, 11) is 0. The zero-order valence-electron chi connectivity index (χ0n) is 10.2. The van der Waals surface area contributed by atoms with E-state index in [4.69, 9.17) is 0 Å². The van der Waals surface area contributed by atoms with Gasteiger partial charge in [0, 0.05) is 29.7 Å². The third kappa shape index (κ3) is 2.09. The van der Waals surface area contributed by atoms with Crippen molar-refractivity contribution in [3.05, 3.63) is 35.3 Å². The molecule has 2 aromatic rings. The Kier molecular flexibility index (Phi) is 3.25. The summed E-state index contributed by atoms with van der Waals surface area (Å²) >= 11 is 0. The van der Waals surface area contributed by atoms with Gasteiger partial charge in [-0.2, -0.15) is 0 Å². The lowest BCUT2D eigenvalue weighted by Gasteiger charge is -2.05. The van der Waals surface area contributed by atoms with E-state index in [1.54, 1.807) is 0 Å². The van der Waals surface area contributed by atoms with Crippen LogP contribution in [0, 0.1) is 13.8 Å². The Morgan fingerprint density at radius 1 is 1.38 bits per heavy atom. The van der Waals surface area contributed by atoms with Gasteiger partial charge in [0.2, 0.25) is 0 Å². The minimum atomic E-state index is 0.903. The van der Waals surface area contributed by atoms with Gasteiger partial charge in [-0.15, -0.1) is 0 Å². The van der Waals surface area contributed by atoms with E-state index in [9.17, 15) is 0 Å². The summed E-state index contributed by atoms with van der Waals surface area (Å²) in [5, 5.41) is 3.42. The van der Waals surface area contributed by atoms with Crippen LogP contribution in [0.15, 0.2) is 18.3 Å². The molecular weight excluding hydrogens is 198 g/mol. The lowest BCUT2D eigenvalue weighted by atomic mass is 10.3. The Bertz CT molecular complexity index is 485. The standard InChI is InChI=1S/C13H19N3/c1-4-6-14-9-12-5-7-16-11(3)8-10(2)15-13(12)16/h5,7-8,14H,4,6,9H2,1-3H3. The molecule has 0 unspecified atom stereocenters. The predicted octanol–water partition coefficient (Wildman–Crippen LogP) is 2.45. The maximum absolute atomic E-state index is 4.60. The summed E-state index contributed by atoms with van der Waals surface area (Å²) in [5.41, 5.74) is 4.69. The Morgan fingerprint density at radius 3 is 2.94 bits per heavy atom. The summed E-state index contributed by atoms with van der Waals surface area (Å²) in [5.74, 6) is 0. The van der Waals surface area contributed by atoms with Gasteiger partial charge in [0.05, 0.1) is 0 Å². The van der Waals surface area contributed by atoms with E-state index < -0.39 is 0 Å². The quantitative estimate of drug-likeness (QED) is 0.797. The molecule has 0 saturated carbocycles. The molecule has 0 aliphatic rings. The molecule has 16 heavy (non-hydrogen) atoms. The monoisotopic (exact) mass is 217 g/mol. The summed E-state index contributed by atoms with van der Waals surface area (Å²) in [6.07, 6.45) is 3.26. The molecule has 0 saturated heterocycles. The van der Waals surface area contributed by atoms with E-state index >= 15 is 0 Å². The fourth-order valence-corrected chi connectivity index (χ4v) is 1.98. The number of aromatic nitrogens is 2. The average molecular weight is 217 g/mol. The molecule has 0 aromatic carbocycles. The van der Waals surface area contributed by atoms with E-state index in [-0.39, 0.29) is 0 Å². The minimum Gasteiger partial charge on any atom is -0.313 e. The molecule has 0 radical (unpaired) electrons. The molecule has 0 atom stereocenters. The Balaban J connectivity index is 2.32. The normalized spacial score (nSPS) is 11.2. The molecule has 1 N–H and O–H groups in total. The second-order valence-electron chi connectivity index (χ2n) is 4.25. The van der Waals surface area contributed by atoms with E-state index in [0.717, 1.165) is 30.9 Å². The van der Waals surface area contributed by atoms with E-state index in [2.05, 4.69) is 46.9 Å². The van der Waals surface area contributed by atoms with Crippen molar-refractivity contribution in [2.24, 2.45) is 0 Å². The largest absolute Gasteiger partial charge is 0.313 e. The maximum atomic E-state index is 4.60. The van der Waals surface area contributed by atoms with Crippen LogP contribution in [0.5, 0.6) is 0 Å². The van der Waals surface area contributed by atoms with Gasteiger partial charge >= 0.3 is 0 Å². The zero-order valence-corrected chi connectivity index (χ0v) is 10.2.